The minimum Gasteiger partial charge on any atom is -0.497 e. The van der Waals surface area contributed by atoms with Crippen molar-refractivity contribution < 1.29 is 14.6 Å². The number of hydrogen-bond donors (Lipinski definition) is 2. The fourth-order valence-corrected chi connectivity index (χ4v) is 2.94. The molecule has 0 aliphatic rings. The molecule has 0 aliphatic carbocycles. The second-order valence-corrected chi connectivity index (χ2v) is 5.67. The Balaban J connectivity index is 2.30. The zero-order valence-electron chi connectivity index (χ0n) is 12.3. The Labute approximate surface area is 133 Å². The van der Waals surface area contributed by atoms with Crippen molar-refractivity contribution in [3.05, 3.63) is 41.8 Å². The van der Waals surface area contributed by atoms with E-state index in [0.29, 0.717) is 13.0 Å². The molecule has 6 heteroatoms. The van der Waals surface area contributed by atoms with Gasteiger partial charge in [0.05, 0.1) is 19.2 Å². The van der Waals surface area contributed by atoms with Crippen molar-refractivity contribution >= 4 is 22.4 Å². The highest BCUT2D eigenvalue weighted by Crippen LogP contribution is 2.33. The van der Waals surface area contributed by atoms with Crippen LogP contribution in [0.1, 0.15) is 11.3 Å². The molecule has 0 spiro atoms. The minimum atomic E-state index is -0.810. The van der Waals surface area contributed by atoms with Gasteiger partial charge in [0.2, 0.25) is 0 Å². The Hall–Kier alpha value is -2.34. The van der Waals surface area contributed by atoms with E-state index in [9.17, 15) is 4.79 Å². The summed E-state index contributed by atoms with van der Waals surface area (Å²) < 4.78 is 5.15. The summed E-state index contributed by atoms with van der Waals surface area (Å²) in [6, 6.07) is 7.59. The van der Waals surface area contributed by atoms with Gasteiger partial charge in [0.1, 0.15) is 5.75 Å². The Morgan fingerprint density at radius 2 is 2.18 bits per heavy atom. The number of aliphatic carboxylic acids is 1. The van der Waals surface area contributed by atoms with Gasteiger partial charge in [-0.1, -0.05) is 6.08 Å². The van der Waals surface area contributed by atoms with Gasteiger partial charge < -0.3 is 15.2 Å². The second-order valence-electron chi connectivity index (χ2n) is 4.58. The molecule has 116 valence electrons. The van der Waals surface area contributed by atoms with Gasteiger partial charge in [0.25, 0.3) is 0 Å². The van der Waals surface area contributed by atoms with E-state index in [2.05, 4.69) is 16.9 Å². The lowest BCUT2D eigenvalue weighted by Gasteiger charge is -2.03. The monoisotopic (exact) mass is 318 g/mol. The van der Waals surface area contributed by atoms with Crippen molar-refractivity contribution in [2.45, 2.75) is 12.8 Å². The largest absolute Gasteiger partial charge is 0.497 e. The third kappa shape index (κ3) is 4.08. The van der Waals surface area contributed by atoms with Gasteiger partial charge in [-0.2, -0.15) is 0 Å². The molecule has 2 N–H and O–H groups in total. The van der Waals surface area contributed by atoms with Crippen molar-refractivity contribution in [1.29, 1.82) is 0 Å². The van der Waals surface area contributed by atoms with Crippen LogP contribution in [0, 0.1) is 0 Å². The highest BCUT2D eigenvalue weighted by Gasteiger charge is 2.14. The maximum Gasteiger partial charge on any atom is 0.303 e. The predicted molar refractivity (Wildman–Crippen MR) is 88.7 cm³/mol. The molecule has 1 aromatic heterocycles. The fraction of sp³-hybridized carbons (Fsp3) is 0.250. The first-order valence-corrected chi connectivity index (χ1v) is 7.66. The van der Waals surface area contributed by atoms with E-state index >= 15 is 0 Å². The van der Waals surface area contributed by atoms with Crippen LogP contribution in [0.3, 0.4) is 0 Å². The van der Waals surface area contributed by atoms with Crippen LogP contribution in [-0.2, 0) is 11.2 Å². The summed E-state index contributed by atoms with van der Waals surface area (Å²) in [6.07, 6.45) is 2.31. The van der Waals surface area contributed by atoms with Gasteiger partial charge in [-0.25, -0.2) is 4.98 Å². The second kappa shape index (κ2) is 7.61. The molecule has 22 heavy (non-hydrogen) atoms. The van der Waals surface area contributed by atoms with E-state index in [1.807, 2.05) is 24.3 Å². The maximum atomic E-state index is 10.8. The molecule has 2 rings (SSSR count). The molecule has 0 saturated carbocycles. The van der Waals surface area contributed by atoms with Crippen LogP contribution < -0.4 is 10.1 Å². The fourth-order valence-electron chi connectivity index (χ4n) is 1.95. The van der Waals surface area contributed by atoms with Gasteiger partial charge in [0, 0.05) is 17.0 Å². The number of aryl methyl sites for hydroxylation is 1. The lowest BCUT2D eigenvalue weighted by atomic mass is 10.1. The molecule has 0 bridgehead atoms. The van der Waals surface area contributed by atoms with Gasteiger partial charge >= 0.3 is 5.97 Å². The summed E-state index contributed by atoms with van der Waals surface area (Å²) in [7, 11) is 1.62. The van der Waals surface area contributed by atoms with Crippen LogP contribution in [0.15, 0.2) is 36.9 Å². The third-order valence-corrected chi connectivity index (χ3v) is 4.10. The van der Waals surface area contributed by atoms with Gasteiger partial charge in [-0.15, -0.1) is 17.9 Å². The van der Waals surface area contributed by atoms with E-state index in [1.165, 1.54) is 11.3 Å². The average Bonchev–Trinajstić information content (AvgIpc) is 2.94. The zero-order chi connectivity index (χ0) is 15.9. The Morgan fingerprint density at radius 1 is 1.45 bits per heavy atom. The highest BCUT2D eigenvalue weighted by molar-refractivity contribution is 7.16. The molecule has 0 radical (unpaired) electrons. The van der Waals surface area contributed by atoms with Crippen molar-refractivity contribution in [2.75, 3.05) is 19.0 Å². The van der Waals surface area contributed by atoms with Crippen molar-refractivity contribution in [3.8, 4) is 17.0 Å². The first-order chi connectivity index (χ1) is 10.6. The molecular weight excluding hydrogens is 300 g/mol. The number of rotatable bonds is 8. The number of anilines is 1. The molecular formula is C16H18N2O3S. The molecule has 0 amide bonds. The van der Waals surface area contributed by atoms with Gasteiger partial charge in [0.15, 0.2) is 5.13 Å². The number of carboxylic acids is 1. The first kappa shape index (κ1) is 16.0. The molecule has 0 unspecified atom stereocenters. The number of hydrogen-bond acceptors (Lipinski definition) is 5. The number of aromatic nitrogens is 1. The quantitative estimate of drug-likeness (QED) is 0.730. The molecule has 1 heterocycles. The number of thiazole rings is 1. The summed E-state index contributed by atoms with van der Waals surface area (Å²) >= 11 is 1.48. The third-order valence-electron chi connectivity index (χ3n) is 3.02. The van der Waals surface area contributed by atoms with E-state index in [4.69, 9.17) is 9.84 Å². The van der Waals surface area contributed by atoms with Crippen LogP contribution in [0.25, 0.3) is 11.3 Å². The SMILES string of the molecule is C=CCNc1nc(-c2ccc(OC)cc2)c(CCC(=O)O)s1. The number of methoxy groups -OCH3 is 1. The number of carboxylic acid groups (broad SMARTS) is 1. The van der Waals surface area contributed by atoms with Crippen LogP contribution in [0.2, 0.25) is 0 Å². The average molecular weight is 318 g/mol. The normalized spacial score (nSPS) is 10.2. The first-order valence-electron chi connectivity index (χ1n) is 6.84. The summed E-state index contributed by atoms with van der Waals surface area (Å²) in [5.41, 5.74) is 1.77. The minimum absolute atomic E-state index is 0.0895. The van der Waals surface area contributed by atoms with Crippen LogP contribution in [-0.4, -0.2) is 29.7 Å². The molecule has 5 nitrogen and oxygen atoms in total. The van der Waals surface area contributed by atoms with Crippen LogP contribution >= 0.6 is 11.3 Å². The van der Waals surface area contributed by atoms with Crippen molar-refractivity contribution in [3.63, 3.8) is 0 Å². The van der Waals surface area contributed by atoms with Crippen LogP contribution in [0.5, 0.6) is 5.75 Å². The number of carbonyl (C=O) groups is 1. The Bertz CT molecular complexity index is 650. The predicted octanol–water partition coefficient (Wildman–Crippen LogP) is 3.43. The number of nitrogens with one attached hydrogen (secondary N) is 1. The lowest BCUT2D eigenvalue weighted by Crippen LogP contribution is -1.97. The maximum absolute atomic E-state index is 10.8. The molecule has 0 aliphatic heterocycles. The molecule has 0 atom stereocenters. The number of nitrogens with zero attached hydrogens (tertiary/aromatic N) is 1. The van der Waals surface area contributed by atoms with E-state index in [1.54, 1.807) is 13.2 Å². The molecule has 1 aromatic carbocycles. The van der Waals surface area contributed by atoms with Crippen LogP contribution in [0.4, 0.5) is 5.13 Å². The zero-order valence-corrected chi connectivity index (χ0v) is 13.2. The van der Waals surface area contributed by atoms with Gasteiger partial charge in [-0.3, -0.25) is 4.79 Å². The molecule has 0 fully saturated rings. The summed E-state index contributed by atoms with van der Waals surface area (Å²) in [5.74, 6) is -0.0363. The summed E-state index contributed by atoms with van der Waals surface area (Å²) in [6.45, 7) is 4.28. The molecule has 2 aromatic rings. The van der Waals surface area contributed by atoms with Crippen molar-refractivity contribution in [1.82, 2.24) is 4.98 Å². The summed E-state index contributed by atoms with van der Waals surface area (Å²) in [5, 5.41) is 12.8. The lowest BCUT2D eigenvalue weighted by molar-refractivity contribution is -0.136. The number of ether oxygens (including phenoxy) is 1. The van der Waals surface area contributed by atoms with E-state index < -0.39 is 5.97 Å². The van der Waals surface area contributed by atoms with E-state index in [0.717, 1.165) is 27.0 Å². The standard InChI is InChI=1S/C16H18N2O3S/c1-3-10-17-16-18-15(13(22-16)8-9-14(19)20)11-4-6-12(21-2)7-5-11/h3-7H,1,8-10H2,2H3,(H,17,18)(H,19,20). The Morgan fingerprint density at radius 3 is 2.77 bits per heavy atom. The smallest absolute Gasteiger partial charge is 0.303 e. The molecule has 0 saturated heterocycles. The highest BCUT2D eigenvalue weighted by atomic mass is 32.1. The van der Waals surface area contributed by atoms with Gasteiger partial charge in [-0.05, 0) is 30.7 Å². The number of benzene rings is 1. The topological polar surface area (TPSA) is 71.5 Å². The Kier molecular flexibility index (Phi) is 5.55. The summed E-state index contributed by atoms with van der Waals surface area (Å²) in [4.78, 5) is 16.4. The van der Waals surface area contributed by atoms with E-state index in [-0.39, 0.29) is 6.42 Å². The van der Waals surface area contributed by atoms with Crippen molar-refractivity contribution in [2.24, 2.45) is 0 Å².